The Balaban J connectivity index is 1.93. The molecule has 0 spiro atoms. The Morgan fingerprint density at radius 3 is 2.40 bits per heavy atom. The molecule has 0 bridgehead atoms. The summed E-state index contributed by atoms with van der Waals surface area (Å²) in [5.74, 6) is 1.36. The maximum absolute atomic E-state index is 13.3. The van der Waals surface area contributed by atoms with E-state index in [1.54, 1.807) is 32.4 Å². The summed E-state index contributed by atoms with van der Waals surface area (Å²) in [5, 5.41) is 9.73. The maximum atomic E-state index is 13.3. The van der Waals surface area contributed by atoms with E-state index in [4.69, 9.17) is 21.7 Å². The molecule has 0 unspecified atom stereocenters. The Bertz CT molecular complexity index is 984. The fourth-order valence-corrected chi connectivity index (χ4v) is 3.68. The van der Waals surface area contributed by atoms with Crippen LogP contribution in [-0.2, 0) is 4.79 Å². The van der Waals surface area contributed by atoms with Gasteiger partial charge in [0, 0.05) is 11.8 Å². The lowest BCUT2D eigenvalue weighted by Gasteiger charge is -2.30. The van der Waals surface area contributed by atoms with Crippen LogP contribution in [0.15, 0.2) is 53.7 Å². The number of anilines is 1. The van der Waals surface area contributed by atoms with E-state index in [9.17, 15) is 4.79 Å². The first-order chi connectivity index (χ1) is 14.3. The number of thiocarbonyl (C=S) groups is 1. The van der Waals surface area contributed by atoms with Crippen LogP contribution in [0.3, 0.4) is 0 Å². The average molecular weight is 426 g/mol. The Morgan fingerprint density at radius 2 is 1.80 bits per heavy atom. The molecule has 0 fully saturated rings. The van der Waals surface area contributed by atoms with Crippen LogP contribution < -0.4 is 25.4 Å². The van der Waals surface area contributed by atoms with Crippen LogP contribution in [0.25, 0.3) is 0 Å². The van der Waals surface area contributed by atoms with Crippen LogP contribution >= 0.6 is 12.2 Å². The van der Waals surface area contributed by atoms with Crippen LogP contribution in [0.5, 0.6) is 11.5 Å². The molecule has 1 atom stereocenters. The number of carbonyl (C=O) groups is 1. The van der Waals surface area contributed by atoms with Gasteiger partial charge in [0.05, 0.1) is 31.5 Å². The number of carbonyl (C=O) groups excluding carboxylic acids is 1. The van der Waals surface area contributed by atoms with Gasteiger partial charge in [0.15, 0.2) is 5.11 Å². The molecule has 2 aromatic rings. The second-order valence-corrected chi connectivity index (χ2v) is 7.82. The Labute approximate surface area is 182 Å². The molecule has 158 valence electrons. The quantitative estimate of drug-likeness (QED) is 0.601. The molecule has 1 amide bonds. The third-order valence-corrected chi connectivity index (χ3v) is 5.33. The van der Waals surface area contributed by atoms with Gasteiger partial charge < -0.3 is 25.4 Å². The van der Waals surface area contributed by atoms with Crippen molar-refractivity contribution in [3.63, 3.8) is 0 Å². The van der Waals surface area contributed by atoms with Crippen molar-refractivity contribution in [1.29, 1.82) is 0 Å². The Hall–Kier alpha value is -3.06. The van der Waals surface area contributed by atoms with Gasteiger partial charge in [0.1, 0.15) is 11.5 Å². The monoisotopic (exact) mass is 425 g/mol. The lowest BCUT2D eigenvalue weighted by Crippen LogP contribution is -2.45. The maximum Gasteiger partial charge on any atom is 0.255 e. The van der Waals surface area contributed by atoms with Crippen molar-refractivity contribution in [1.82, 2.24) is 10.6 Å². The number of hydrogen-bond acceptors (Lipinski definition) is 4. The summed E-state index contributed by atoms with van der Waals surface area (Å²) in [4.78, 5) is 13.3. The van der Waals surface area contributed by atoms with E-state index in [1.165, 1.54) is 5.56 Å². The first-order valence-electron chi connectivity index (χ1n) is 9.75. The summed E-state index contributed by atoms with van der Waals surface area (Å²) in [5.41, 5.74) is 4.05. The highest BCUT2D eigenvalue weighted by molar-refractivity contribution is 7.80. The van der Waals surface area contributed by atoms with E-state index in [2.05, 4.69) is 41.9 Å². The fourth-order valence-electron chi connectivity index (χ4n) is 3.41. The number of nitrogens with one attached hydrogen (secondary N) is 3. The zero-order valence-electron chi connectivity index (χ0n) is 17.8. The van der Waals surface area contributed by atoms with Crippen LogP contribution in [0.4, 0.5) is 5.69 Å². The predicted molar refractivity (Wildman–Crippen MR) is 123 cm³/mol. The highest BCUT2D eigenvalue weighted by atomic mass is 32.1. The van der Waals surface area contributed by atoms with Gasteiger partial charge in [-0.2, -0.15) is 0 Å². The molecule has 3 N–H and O–H groups in total. The van der Waals surface area contributed by atoms with Gasteiger partial charge in [-0.25, -0.2) is 0 Å². The zero-order chi connectivity index (χ0) is 21.8. The molecule has 0 saturated carbocycles. The van der Waals surface area contributed by atoms with Crippen molar-refractivity contribution in [2.24, 2.45) is 0 Å². The molecule has 0 aromatic heterocycles. The lowest BCUT2D eigenvalue weighted by atomic mass is 9.92. The van der Waals surface area contributed by atoms with Gasteiger partial charge in [0.25, 0.3) is 5.91 Å². The first kappa shape index (κ1) is 21.6. The molecule has 2 aromatic carbocycles. The second-order valence-electron chi connectivity index (χ2n) is 7.41. The van der Waals surface area contributed by atoms with Gasteiger partial charge in [-0.3, -0.25) is 4.79 Å². The number of allylic oxidation sites excluding steroid dienone is 1. The van der Waals surface area contributed by atoms with Crippen molar-refractivity contribution >= 4 is 28.9 Å². The largest absolute Gasteiger partial charge is 0.497 e. The Kier molecular flexibility index (Phi) is 6.62. The normalized spacial score (nSPS) is 16.1. The summed E-state index contributed by atoms with van der Waals surface area (Å²) in [7, 11) is 3.13. The van der Waals surface area contributed by atoms with Crippen molar-refractivity contribution < 1.29 is 14.3 Å². The van der Waals surface area contributed by atoms with Crippen molar-refractivity contribution in [2.75, 3.05) is 19.5 Å². The number of hydrogen-bond donors (Lipinski definition) is 3. The van der Waals surface area contributed by atoms with E-state index in [1.807, 2.05) is 19.1 Å². The number of ether oxygens (including phenoxy) is 2. The topological polar surface area (TPSA) is 71.6 Å². The number of methoxy groups -OCH3 is 2. The zero-order valence-corrected chi connectivity index (χ0v) is 18.6. The molecule has 0 radical (unpaired) electrons. The van der Waals surface area contributed by atoms with E-state index >= 15 is 0 Å². The summed E-state index contributed by atoms with van der Waals surface area (Å²) >= 11 is 5.34. The number of amides is 1. The molecule has 0 aliphatic carbocycles. The van der Waals surface area contributed by atoms with Crippen LogP contribution in [0.2, 0.25) is 0 Å². The van der Waals surface area contributed by atoms with Crippen molar-refractivity contribution in [3.8, 4) is 11.5 Å². The second kappa shape index (κ2) is 9.17. The molecule has 6 nitrogen and oxygen atoms in total. The van der Waals surface area contributed by atoms with Gasteiger partial charge >= 0.3 is 0 Å². The number of rotatable bonds is 6. The van der Waals surface area contributed by atoms with Crippen LogP contribution in [0.1, 0.15) is 43.9 Å². The molecule has 1 heterocycles. The van der Waals surface area contributed by atoms with E-state index < -0.39 is 0 Å². The van der Waals surface area contributed by atoms with Crippen molar-refractivity contribution in [3.05, 3.63) is 64.9 Å². The smallest absolute Gasteiger partial charge is 0.255 e. The molecule has 1 aliphatic heterocycles. The molecule has 7 heteroatoms. The van der Waals surface area contributed by atoms with Gasteiger partial charge in [-0.05, 0) is 48.3 Å². The third kappa shape index (κ3) is 4.57. The minimum absolute atomic E-state index is 0.239. The average Bonchev–Trinajstić information content (AvgIpc) is 2.73. The highest BCUT2D eigenvalue weighted by Gasteiger charge is 2.30. The SMILES string of the molecule is COc1ccc(NC(=O)C2=C(C)NC(=S)N[C@@H]2c2ccc(C(C)C)cc2)c(OC)c1. The summed E-state index contributed by atoms with van der Waals surface area (Å²) in [6.07, 6.45) is 0. The molecule has 30 heavy (non-hydrogen) atoms. The molecular formula is C23H27N3O3S. The van der Waals surface area contributed by atoms with Crippen molar-refractivity contribution in [2.45, 2.75) is 32.7 Å². The lowest BCUT2D eigenvalue weighted by molar-refractivity contribution is -0.113. The molecular weight excluding hydrogens is 398 g/mol. The third-order valence-electron chi connectivity index (χ3n) is 5.11. The first-order valence-corrected chi connectivity index (χ1v) is 10.2. The molecule has 1 aliphatic rings. The van der Waals surface area contributed by atoms with Gasteiger partial charge in [-0.15, -0.1) is 0 Å². The molecule has 0 saturated heterocycles. The summed E-state index contributed by atoms with van der Waals surface area (Å²) in [6, 6.07) is 13.1. The minimum Gasteiger partial charge on any atom is -0.497 e. The van der Waals surface area contributed by atoms with Crippen LogP contribution in [0, 0.1) is 0 Å². The van der Waals surface area contributed by atoms with E-state index in [-0.39, 0.29) is 11.9 Å². The van der Waals surface area contributed by atoms with E-state index in [0.717, 1.165) is 5.56 Å². The minimum atomic E-state index is -0.357. The predicted octanol–water partition coefficient (Wildman–Crippen LogP) is 4.26. The summed E-state index contributed by atoms with van der Waals surface area (Å²) in [6.45, 7) is 6.15. The molecule has 3 rings (SSSR count). The highest BCUT2D eigenvalue weighted by Crippen LogP contribution is 2.32. The Morgan fingerprint density at radius 1 is 1.10 bits per heavy atom. The van der Waals surface area contributed by atoms with Crippen LogP contribution in [-0.4, -0.2) is 25.2 Å². The van der Waals surface area contributed by atoms with E-state index in [0.29, 0.717) is 39.5 Å². The fraction of sp³-hybridized carbons (Fsp3) is 0.304. The van der Waals surface area contributed by atoms with Gasteiger partial charge in [-0.1, -0.05) is 38.1 Å². The standard InChI is InChI=1S/C23H27N3O3S/c1-13(2)15-6-8-16(9-7-15)21-20(14(3)24-23(30)26-21)22(27)25-18-11-10-17(28-4)12-19(18)29-5/h6-13,21H,1-5H3,(H,25,27)(H2,24,26,30)/t21-/m1/s1. The summed E-state index contributed by atoms with van der Waals surface area (Å²) < 4.78 is 10.6. The van der Waals surface area contributed by atoms with Gasteiger partial charge in [0.2, 0.25) is 0 Å². The number of benzene rings is 2.